The summed E-state index contributed by atoms with van der Waals surface area (Å²) in [6.45, 7) is 6.48. The summed E-state index contributed by atoms with van der Waals surface area (Å²) in [5, 5.41) is 12.3. The largest absolute Gasteiger partial charge is 0.375 e. The van der Waals surface area contributed by atoms with Crippen LogP contribution in [-0.2, 0) is 19.9 Å². The zero-order chi connectivity index (χ0) is 52.5. The van der Waals surface area contributed by atoms with Crippen LogP contribution in [0.5, 0.6) is 0 Å². The minimum absolute atomic E-state index is 0.0412. The van der Waals surface area contributed by atoms with Crippen molar-refractivity contribution < 1.29 is 23.9 Å². The van der Waals surface area contributed by atoms with Gasteiger partial charge in [-0.15, -0.1) is 0 Å². The van der Waals surface area contributed by atoms with E-state index in [1.807, 2.05) is 64.0 Å². The second kappa shape index (κ2) is 19.8. The Morgan fingerprint density at radius 2 is 1.11 bits per heavy atom. The number of hydrogen-bond donors (Lipinski definition) is 0. The first-order valence-electron chi connectivity index (χ1n) is 27.0. The van der Waals surface area contributed by atoms with E-state index in [0.29, 0.717) is 81.5 Å². The molecule has 2 aromatic heterocycles. The number of nitrogens with zero attached hydrogens (tertiary/aromatic N) is 4. The molecule has 0 N–H and O–H groups in total. The van der Waals surface area contributed by atoms with Gasteiger partial charge < -0.3 is 4.74 Å². The first-order chi connectivity index (χ1) is 36.7. The number of aromatic nitrogens is 4. The van der Waals surface area contributed by atoms with Gasteiger partial charge in [0, 0.05) is 51.6 Å². The van der Waals surface area contributed by atoms with Gasteiger partial charge in [0.05, 0.1) is 47.7 Å². The van der Waals surface area contributed by atoms with Gasteiger partial charge in [-0.05, 0) is 152 Å². The molecule has 2 spiro atoms. The van der Waals surface area contributed by atoms with E-state index in [1.165, 1.54) is 16.7 Å². The molecule has 4 saturated carbocycles. The van der Waals surface area contributed by atoms with Crippen molar-refractivity contribution in [3.05, 3.63) is 178 Å². The summed E-state index contributed by atoms with van der Waals surface area (Å²) in [6.07, 6.45) is 12.8. The Bertz CT molecular complexity index is 3520. The number of carbonyl (C=O) groups is 4. The molecule has 5 aliphatic rings. The van der Waals surface area contributed by atoms with Gasteiger partial charge in [0.2, 0.25) is 0 Å². The molecule has 0 amide bonds. The molecule has 8 aromatic rings. The van der Waals surface area contributed by atoms with E-state index >= 15 is 0 Å². The number of carbonyl (C=O) groups excluding carboxylic acids is 4. The summed E-state index contributed by atoms with van der Waals surface area (Å²) in [7, 11) is 0. The first-order valence-corrected chi connectivity index (χ1v) is 27.7. The fourth-order valence-corrected chi connectivity index (χ4v) is 14.4. The summed E-state index contributed by atoms with van der Waals surface area (Å²) in [6, 6.07) is 45.1. The number of hydrogen-bond acceptors (Lipinski definition) is 7. The summed E-state index contributed by atoms with van der Waals surface area (Å²) < 4.78 is 9.71. The Hall–Kier alpha value is -6.52. The van der Waals surface area contributed by atoms with Gasteiger partial charge in [-0.3, -0.25) is 23.9 Å². The van der Waals surface area contributed by atoms with Gasteiger partial charge >= 0.3 is 0 Å². The Morgan fingerprint density at radius 3 is 1.62 bits per heavy atom. The van der Waals surface area contributed by atoms with Crippen LogP contribution in [0.2, 0.25) is 10.0 Å². The van der Waals surface area contributed by atoms with E-state index in [1.54, 1.807) is 32.3 Å². The SMILES string of the molecule is CC(=O)C1CC2(CC(CC(=O)c3cc(Cl)cc4cnn(C(C)c5ccc(-c6ccccc6)cc5)c34)C2)C1.CC(=O)C1CC2(CC(CC(=O)c3ccc(Cl)c4cnn(C5(c6ccc(-c7ccccc7)cc6)COC5)c34)C2)C1. The van der Waals surface area contributed by atoms with E-state index in [-0.39, 0.29) is 29.4 Å². The van der Waals surface area contributed by atoms with E-state index in [9.17, 15) is 19.2 Å². The van der Waals surface area contributed by atoms with Crippen LogP contribution in [0.25, 0.3) is 44.1 Å². The van der Waals surface area contributed by atoms with Crippen molar-refractivity contribution in [3.8, 4) is 22.3 Å². The molecule has 6 aromatic carbocycles. The van der Waals surface area contributed by atoms with Crippen LogP contribution in [0, 0.1) is 34.5 Å². The van der Waals surface area contributed by atoms with Crippen LogP contribution < -0.4 is 0 Å². The van der Waals surface area contributed by atoms with Crippen molar-refractivity contribution in [2.24, 2.45) is 34.5 Å². The lowest BCUT2D eigenvalue weighted by atomic mass is 9.47. The predicted molar refractivity (Wildman–Crippen MR) is 300 cm³/mol. The first kappa shape index (κ1) is 50.3. The van der Waals surface area contributed by atoms with Crippen molar-refractivity contribution in [3.63, 3.8) is 0 Å². The molecule has 0 radical (unpaired) electrons. The Labute approximate surface area is 453 Å². The van der Waals surface area contributed by atoms with Crippen molar-refractivity contribution >= 4 is 68.1 Å². The van der Waals surface area contributed by atoms with E-state index in [0.717, 1.165) is 89.9 Å². The van der Waals surface area contributed by atoms with Crippen LogP contribution in [0.3, 0.4) is 0 Å². The molecule has 386 valence electrons. The van der Waals surface area contributed by atoms with Gasteiger partial charge in [0.15, 0.2) is 11.6 Å². The highest BCUT2D eigenvalue weighted by molar-refractivity contribution is 6.36. The molecule has 0 bridgehead atoms. The second-order valence-electron chi connectivity index (χ2n) is 23.3. The number of benzene rings is 6. The fraction of sp³-hybridized carbons (Fsp3) is 0.354. The lowest BCUT2D eigenvalue weighted by Gasteiger charge is -2.57. The molecule has 5 fully saturated rings. The molecule has 3 heterocycles. The van der Waals surface area contributed by atoms with Crippen LogP contribution in [0.1, 0.15) is 123 Å². The molecular weight excluding hydrogens is 988 g/mol. The molecular formula is C65H62Cl2N4O5. The maximum Gasteiger partial charge on any atom is 0.165 e. The zero-order valence-electron chi connectivity index (χ0n) is 43.3. The number of rotatable bonds is 14. The van der Waals surface area contributed by atoms with E-state index in [2.05, 4.69) is 79.7 Å². The van der Waals surface area contributed by atoms with E-state index in [4.69, 9.17) is 38.1 Å². The number of ketones is 4. The van der Waals surface area contributed by atoms with Gasteiger partial charge in [0.25, 0.3) is 0 Å². The average Bonchev–Trinajstić information content (AvgIpc) is 4.05. The molecule has 1 aliphatic heterocycles. The molecule has 13 rings (SSSR count). The van der Waals surface area contributed by atoms with Crippen molar-refractivity contribution in [1.82, 2.24) is 19.6 Å². The zero-order valence-corrected chi connectivity index (χ0v) is 44.8. The Kier molecular flexibility index (Phi) is 13.1. The topological polar surface area (TPSA) is 113 Å². The van der Waals surface area contributed by atoms with Gasteiger partial charge in [0.1, 0.15) is 17.1 Å². The lowest BCUT2D eigenvalue weighted by molar-refractivity contribution is -0.136. The maximum absolute atomic E-state index is 13.7. The summed E-state index contributed by atoms with van der Waals surface area (Å²) in [5.74, 6) is 2.10. The molecule has 1 atom stereocenters. The lowest BCUT2D eigenvalue weighted by Crippen LogP contribution is -2.53. The quantitative estimate of drug-likeness (QED) is 0.0997. The van der Waals surface area contributed by atoms with Crippen molar-refractivity contribution in [1.29, 1.82) is 0 Å². The molecule has 1 saturated heterocycles. The number of ether oxygens (including phenoxy) is 1. The smallest absolute Gasteiger partial charge is 0.165 e. The summed E-state index contributed by atoms with van der Waals surface area (Å²) >= 11 is 13.1. The van der Waals surface area contributed by atoms with Crippen LogP contribution in [0.4, 0.5) is 0 Å². The van der Waals surface area contributed by atoms with Crippen molar-refractivity contribution in [2.45, 2.75) is 96.6 Å². The van der Waals surface area contributed by atoms with Gasteiger partial charge in [-0.25, -0.2) is 4.68 Å². The van der Waals surface area contributed by atoms with Crippen molar-refractivity contribution in [2.75, 3.05) is 13.2 Å². The van der Waals surface area contributed by atoms with Crippen LogP contribution >= 0.6 is 23.2 Å². The number of Topliss-reactive ketones (excluding diaryl/α,β-unsaturated/α-hetero) is 4. The molecule has 76 heavy (non-hydrogen) atoms. The normalized spacial score (nSPS) is 24.3. The summed E-state index contributed by atoms with van der Waals surface area (Å²) in [5.41, 5.74) is 10.00. The number of halogens is 2. The average molecular weight is 1050 g/mol. The highest BCUT2D eigenvalue weighted by Gasteiger charge is 2.55. The third-order valence-corrected chi connectivity index (χ3v) is 18.7. The number of fused-ring (bicyclic) bond motifs is 2. The molecule has 4 aliphatic carbocycles. The third-order valence-electron chi connectivity index (χ3n) is 18.1. The molecule has 11 heteroatoms. The fourth-order valence-electron chi connectivity index (χ4n) is 13.9. The monoisotopic (exact) mass is 1050 g/mol. The summed E-state index contributed by atoms with van der Waals surface area (Å²) in [4.78, 5) is 50.6. The van der Waals surface area contributed by atoms with Gasteiger partial charge in [-0.1, -0.05) is 132 Å². The minimum Gasteiger partial charge on any atom is -0.375 e. The third kappa shape index (κ3) is 9.16. The van der Waals surface area contributed by atoms with Crippen LogP contribution in [-0.4, -0.2) is 55.9 Å². The van der Waals surface area contributed by atoms with Gasteiger partial charge in [-0.2, -0.15) is 10.2 Å². The van der Waals surface area contributed by atoms with Crippen LogP contribution in [0.15, 0.2) is 146 Å². The molecule has 9 nitrogen and oxygen atoms in total. The Balaban J connectivity index is 0.000000153. The second-order valence-corrected chi connectivity index (χ2v) is 24.1. The highest BCUT2D eigenvalue weighted by atomic mass is 35.5. The predicted octanol–water partition coefficient (Wildman–Crippen LogP) is 15.0. The Morgan fingerprint density at radius 1 is 0.592 bits per heavy atom. The standard InChI is InChI=1S/C33H31ClN2O3.C32H31ClN2O2/c1-21(37)25-16-32(17-25)14-22(15-32)13-30(38)27-11-12-29(34)28-18-35-36(31(27)28)33(19-39-20-33)26-9-7-24(8-10-26)23-5-3-2-4-6-23;1-20(23-8-10-25(11-9-23)24-6-4-3-5-7-24)35-31-26(19-34-35)13-28(33)14-29(31)30(37)12-22-15-32(16-22)17-27(18-32)21(2)36/h2-12,18,22,25H,13-17,19-20H2,1H3;3-11,13-14,19-20,22,27H,12,15-18H2,1-2H3. The maximum atomic E-state index is 13.7. The molecule has 1 unspecified atom stereocenters. The van der Waals surface area contributed by atoms with E-state index < -0.39 is 5.54 Å². The highest BCUT2D eigenvalue weighted by Crippen LogP contribution is 2.63. The minimum atomic E-state index is -0.495.